The summed E-state index contributed by atoms with van der Waals surface area (Å²) in [4.78, 5) is 24.3. The van der Waals surface area contributed by atoms with Crippen molar-refractivity contribution in [2.45, 2.75) is 32.9 Å². The van der Waals surface area contributed by atoms with Crippen LogP contribution in [0.5, 0.6) is 0 Å². The number of likely N-dealkylation sites (tertiary alicyclic amines) is 1. The van der Waals surface area contributed by atoms with E-state index >= 15 is 0 Å². The minimum absolute atomic E-state index is 0.0253. The van der Waals surface area contributed by atoms with Crippen molar-refractivity contribution in [2.24, 2.45) is 0 Å². The number of nitro benzene ring substituents is 1. The fourth-order valence-corrected chi connectivity index (χ4v) is 3.40. The molecule has 2 aromatic rings. The molecule has 136 valence electrons. The van der Waals surface area contributed by atoms with Crippen LogP contribution in [0.2, 0.25) is 0 Å². The molecule has 1 fully saturated rings. The molecule has 3 rings (SSSR count). The molecular formula is C20H24N3O3+. The summed E-state index contributed by atoms with van der Waals surface area (Å²) in [5, 5.41) is 13.7. The van der Waals surface area contributed by atoms with Gasteiger partial charge in [-0.2, -0.15) is 0 Å². The third-order valence-electron chi connectivity index (χ3n) is 4.90. The highest BCUT2D eigenvalue weighted by Crippen LogP contribution is 2.18. The van der Waals surface area contributed by atoms with Crippen LogP contribution < -0.4 is 10.2 Å². The van der Waals surface area contributed by atoms with Gasteiger partial charge in [-0.15, -0.1) is 0 Å². The van der Waals surface area contributed by atoms with Crippen molar-refractivity contribution in [1.29, 1.82) is 0 Å². The van der Waals surface area contributed by atoms with Crippen LogP contribution >= 0.6 is 0 Å². The Labute approximate surface area is 153 Å². The van der Waals surface area contributed by atoms with Crippen molar-refractivity contribution < 1.29 is 14.6 Å². The summed E-state index contributed by atoms with van der Waals surface area (Å²) in [7, 11) is 0. The zero-order valence-electron chi connectivity index (χ0n) is 15.0. The zero-order valence-corrected chi connectivity index (χ0v) is 15.0. The number of rotatable bonds is 6. The topological polar surface area (TPSA) is 76.7 Å². The lowest BCUT2D eigenvalue weighted by molar-refractivity contribution is -0.901. The molecule has 6 heteroatoms. The van der Waals surface area contributed by atoms with Crippen molar-refractivity contribution >= 4 is 11.6 Å². The normalized spacial score (nSPS) is 14.3. The molecule has 1 amide bonds. The van der Waals surface area contributed by atoms with Gasteiger partial charge in [0.05, 0.1) is 18.0 Å². The van der Waals surface area contributed by atoms with Gasteiger partial charge in [0.25, 0.3) is 11.6 Å². The lowest BCUT2D eigenvalue weighted by atomic mass is 10.1. The molecule has 1 saturated heterocycles. The number of nitrogens with one attached hydrogen (secondary N) is 2. The fraction of sp³-hybridized carbons (Fsp3) is 0.350. The minimum Gasteiger partial charge on any atom is -0.348 e. The molecule has 1 heterocycles. The van der Waals surface area contributed by atoms with E-state index in [0.717, 1.165) is 12.1 Å². The van der Waals surface area contributed by atoms with Crippen LogP contribution in [0.4, 0.5) is 5.69 Å². The maximum absolute atomic E-state index is 12.3. The molecule has 0 unspecified atom stereocenters. The average Bonchev–Trinajstić information content (AvgIpc) is 3.13. The van der Waals surface area contributed by atoms with E-state index in [4.69, 9.17) is 0 Å². The van der Waals surface area contributed by atoms with Crippen molar-refractivity contribution in [3.05, 3.63) is 74.8 Å². The summed E-state index contributed by atoms with van der Waals surface area (Å²) in [6, 6.07) is 12.8. The highest BCUT2D eigenvalue weighted by Gasteiger charge is 2.16. The van der Waals surface area contributed by atoms with Gasteiger partial charge in [0.2, 0.25) is 0 Å². The lowest BCUT2D eigenvalue weighted by Crippen LogP contribution is -3.08. The van der Waals surface area contributed by atoms with Gasteiger partial charge in [-0.3, -0.25) is 14.9 Å². The first-order valence-electron chi connectivity index (χ1n) is 8.97. The van der Waals surface area contributed by atoms with Crippen LogP contribution in [0.1, 0.15) is 39.9 Å². The van der Waals surface area contributed by atoms with Crippen LogP contribution in [0.25, 0.3) is 0 Å². The predicted octanol–water partition coefficient (Wildman–Crippen LogP) is 2.01. The molecule has 26 heavy (non-hydrogen) atoms. The minimum atomic E-state index is -0.442. The zero-order chi connectivity index (χ0) is 18.5. The highest BCUT2D eigenvalue weighted by atomic mass is 16.6. The Morgan fingerprint density at radius 1 is 1.12 bits per heavy atom. The van der Waals surface area contributed by atoms with Crippen LogP contribution in [-0.2, 0) is 13.1 Å². The molecule has 0 bridgehead atoms. The van der Waals surface area contributed by atoms with Crippen LogP contribution in [0.15, 0.2) is 42.5 Å². The maximum atomic E-state index is 12.3. The Morgan fingerprint density at radius 3 is 2.38 bits per heavy atom. The molecule has 6 nitrogen and oxygen atoms in total. The smallest absolute Gasteiger partial charge is 0.272 e. The second kappa shape index (κ2) is 8.10. The molecule has 1 aliphatic heterocycles. The van der Waals surface area contributed by atoms with E-state index in [1.54, 1.807) is 17.9 Å². The molecule has 1 aliphatic rings. The van der Waals surface area contributed by atoms with Gasteiger partial charge in [-0.1, -0.05) is 24.3 Å². The number of quaternary nitrogens is 1. The van der Waals surface area contributed by atoms with Crippen LogP contribution in [0, 0.1) is 17.0 Å². The Morgan fingerprint density at radius 2 is 1.77 bits per heavy atom. The van der Waals surface area contributed by atoms with Gasteiger partial charge >= 0.3 is 0 Å². The number of carbonyl (C=O) groups excluding carboxylic acids is 1. The fourth-order valence-electron chi connectivity index (χ4n) is 3.40. The molecule has 0 aliphatic carbocycles. The Balaban J connectivity index is 1.55. The molecule has 2 N–H and O–H groups in total. The van der Waals surface area contributed by atoms with Gasteiger partial charge in [0, 0.05) is 42.1 Å². The van der Waals surface area contributed by atoms with E-state index < -0.39 is 4.92 Å². The van der Waals surface area contributed by atoms with E-state index in [-0.39, 0.29) is 11.6 Å². The van der Waals surface area contributed by atoms with Gasteiger partial charge in [-0.05, 0) is 24.6 Å². The van der Waals surface area contributed by atoms with Gasteiger partial charge in [0.1, 0.15) is 6.54 Å². The molecule has 0 atom stereocenters. The molecule has 0 spiro atoms. The maximum Gasteiger partial charge on any atom is 0.272 e. The average molecular weight is 354 g/mol. The third-order valence-corrected chi connectivity index (χ3v) is 4.90. The van der Waals surface area contributed by atoms with Crippen molar-refractivity contribution in [2.75, 3.05) is 13.1 Å². The first-order chi connectivity index (χ1) is 12.5. The van der Waals surface area contributed by atoms with Gasteiger partial charge in [0.15, 0.2) is 0 Å². The molecule has 0 saturated carbocycles. The molecule has 0 radical (unpaired) electrons. The predicted molar refractivity (Wildman–Crippen MR) is 99.1 cm³/mol. The van der Waals surface area contributed by atoms with E-state index in [1.807, 2.05) is 12.1 Å². The van der Waals surface area contributed by atoms with Crippen LogP contribution in [-0.4, -0.2) is 23.9 Å². The highest BCUT2D eigenvalue weighted by molar-refractivity contribution is 5.94. The number of nitro groups is 1. The summed E-state index contributed by atoms with van der Waals surface area (Å²) in [5.41, 5.74) is 3.30. The number of hydrogen-bond donors (Lipinski definition) is 2. The van der Waals surface area contributed by atoms with Crippen molar-refractivity contribution in [3.8, 4) is 0 Å². The number of nitrogens with zero attached hydrogens (tertiary/aromatic N) is 1. The lowest BCUT2D eigenvalue weighted by Gasteiger charge is -2.12. The third kappa shape index (κ3) is 4.46. The summed E-state index contributed by atoms with van der Waals surface area (Å²) in [6.45, 7) is 5.65. The first-order valence-corrected chi connectivity index (χ1v) is 8.97. The second-order valence-corrected chi connectivity index (χ2v) is 6.89. The molecule has 0 aromatic heterocycles. The largest absolute Gasteiger partial charge is 0.348 e. The SMILES string of the molecule is Cc1cc(C(=O)NCc2ccc(C[NH+]3CCCC3)cc2)ccc1[N+](=O)[O-]. The van der Waals surface area contributed by atoms with Crippen LogP contribution in [0.3, 0.4) is 0 Å². The molecular weight excluding hydrogens is 330 g/mol. The summed E-state index contributed by atoms with van der Waals surface area (Å²) in [5.74, 6) is -0.228. The molecule has 2 aromatic carbocycles. The number of carbonyl (C=O) groups is 1. The van der Waals surface area contributed by atoms with Gasteiger partial charge in [-0.25, -0.2) is 0 Å². The summed E-state index contributed by atoms with van der Waals surface area (Å²) in [6.07, 6.45) is 2.64. The Hall–Kier alpha value is -2.73. The summed E-state index contributed by atoms with van der Waals surface area (Å²) < 4.78 is 0. The van der Waals surface area contributed by atoms with E-state index in [9.17, 15) is 14.9 Å². The number of aryl methyl sites for hydroxylation is 1. The van der Waals surface area contributed by atoms with E-state index in [1.165, 1.54) is 43.6 Å². The first kappa shape index (κ1) is 18.1. The van der Waals surface area contributed by atoms with E-state index in [0.29, 0.717) is 17.7 Å². The van der Waals surface area contributed by atoms with E-state index in [2.05, 4.69) is 17.4 Å². The second-order valence-electron chi connectivity index (χ2n) is 6.89. The van der Waals surface area contributed by atoms with Gasteiger partial charge < -0.3 is 10.2 Å². The number of benzene rings is 2. The Kier molecular flexibility index (Phi) is 5.63. The number of amides is 1. The quantitative estimate of drug-likeness (QED) is 0.615. The van der Waals surface area contributed by atoms with Crippen molar-refractivity contribution in [3.63, 3.8) is 0 Å². The van der Waals surface area contributed by atoms with Crippen molar-refractivity contribution in [1.82, 2.24) is 5.32 Å². The number of hydrogen-bond acceptors (Lipinski definition) is 3. The standard InChI is InChI=1S/C20H23N3O3/c1-15-12-18(8-9-19(15)23(25)26)20(24)21-13-16-4-6-17(7-5-16)14-22-10-2-3-11-22/h4-9,12H,2-3,10-11,13-14H2,1H3,(H,21,24)/p+1. The Bertz CT molecular complexity index is 796. The summed E-state index contributed by atoms with van der Waals surface area (Å²) >= 11 is 0. The monoisotopic (exact) mass is 354 g/mol.